The van der Waals surface area contributed by atoms with Crippen LogP contribution in [0.25, 0.3) is 0 Å². The zero-order chi connectivity index (χ0) is 10.6. The number of carbonyl (C=O) groups excluding carboxylic acids is 2. The van der Waals surface area contributed by atoms with Gasteiger partial charge in [0.05, 0.1) is 7.11 Å². The lowest BCUT2D eigenvalue weighted by molar-refractivity contribution is -0.142. The molecule has 0 aliphatic carbocycles. The van der Waals surface area contributed by atoms with Crippen LogP contribution in [-0.2, 0) is 9.53 Å². The zero-order valence-electron chi connectivity index (χ0n) is 7.90. The average molecular weight is 214 g/mol. The van der Waals surface area contributed by atoms with Crippen LogP contribution in [0.2, 0.25) is 0 Å². The van der Waals surface area contributed by atoms with Crippen LogP contribution in [0.15, 0.2) is 11.4 Å². The molecule has 76 valence electrons. The van der Waals surface area contributed by atoms with Gasteiger partial charge in [0.2, 0.25) is 0 Å². The van der Waals surface area contributed by atoms with Crippen LogP contribution in [0.1, 0.15) is 16.6 Å². The van der Waals surface area contributed by atoms with Crippen LogP contribution < -0.4 is 4.74 Å². The van der Waals surface area contributed by atoms with E-state index in [2.05, 4.69) is 4.74 Å². The number of hydrogen-bond acceptors (Lipinski definition) is 5. The van der Waals surface area contributed by atoms with E-state index in [0.29, 0.717) is 10.6 Å². The van der Waals surface area contributed by atoms with Crippen LogP contribution in [0, 0.1) is 0 Å². The van der Waals surface area contributed by atoms with Crippen molar-refractivity contribution < 1.29 is 19.1 Å². The maximum absolute atomic E-state index is 11.1. The predicted molar refractivity (Wildman–Crippen MR) is 51.8 cm³/mol. The Morgan fingerprint density at radius 3 is 2.79 bits per heavy atom. The van der Waals surface area contributed by atoms with Crippen molar-refractivity contribution in [1.82, 2.24) is 0 Å². The van der Waals surface area contributed by atoms with E-state index in [4.69, 9.17) is 4.74 Å². The van der Waals surface area contributed by atoms with E-state index >= 15 is 0 Å². The van der Waals surface area contributed by atoms with Gasteiger partial charge in [0.15, 0.2) is 12.4 Å². The summed E-state index contributed by atoms with van der Waals surface area (Å²) in [5, 5.41) is 1.74. The van der Waals surface area contributed by atoms with Gasteiger partial charge in [-0.25, -0.2) is 4.79 Å². The maximum Gasteiger partial charge on any atom is 0.343 e. The largest absolute Gasteiger partial charge is 0.480 e. The number of thiophene rings is 1. The lowest BCUT2D eigenvalue weighted by atomic mass is 10.3. The van der Waals surface area contributed by atoms with Crippen molar-refractivity contribution in [1.29, 1.82) is 0 Å². The number of Topliss-reactive ketones (excluding diaryl/α,β-unsaturated/α-hetero) is 1. The summed E-state index contributed by atoms with van der Waals surface area (Å²) in [7, 11) is 1.28. The number of ketones is 1. The van der Waals surface area contributed by atoms with Crippen LogP contribution in [-0.4, -0.2) is 25.5 Å². The molecule has 0 fully saturated rings. The first kappa shape index (κ1) is 10.7. The number of carbonyl (C=O) groups is 2. The molecule has 0 saturated carbocycles. The van der Waals surface area contributed by atoms with Gasteiger partial charge in [-0.2, -0.15) is 0 Å². The lowest BCUT2D eigenvalue weighted by Crippen LogP contribution is -2.13. The molecule has 4 nitrogen and oxygen atoms in total. The Kier molecular flexibility index (Phi) is 3.64. The fraction of sp³-hybridized carbons (Fsp3) is 0.333. The number of ether oxygens (including phenoxy) is 2. The van der Waals surface area contributed by atoms with Gasteiger partial charge in [-0.15, -0.1) is 11.3 Å². The van der Waals surface area contributed by atoms with Crippen LogP contribution in [0.4, 0.5) is 0 Å². The van der Waals surface area contributed by atoms with Gasteiger partial charge in [0.25, 0.3) is 0 Å². The quantitative estimate of drug-likeness (QED) is 0.563. The summed E-state index contributed by atoms with van der Waals surface area (Å²) >= 11 is 1.29. The molecule has 1 aromatic heterocycles. The molecule has 1 heterocycles. The summed E-state index contributed by atoms with van der Waals surface area (Å²) in [4.78, 5) is 22.3. The monoisotopic (exact) mass is 214 g/mol. The summed E-state index contributed by atoms with van der Waals surface area (Å²) in [6.45, 7) is 1.28. The van der Waals surface area contributed by atoms with Gasteiger partial charge < -0.3 is 9.47 Å². The molecule has 1 aromatic rings. The first-order valence-corrected chi connectivity index (χ1v) is 4.81. The second-order valence-electron chi connectivity index (χ2n) is 2.53. The molecule has 5 heteroatoms. The fourth-order valence-electron chi connectivity index (χ4n) is 0.863. The van der Waals surface area contributed by atoms with E-state index in [1.165, 1.54) is 25.4 Å². The van der Waals surface area contributed by atoms with Gasteiger partial charge >= 0.3 is 5.97 Å². The Morgan fingerprint density at radius 1 is 1.50 bits per heavy atom. The molecular formula is C9H10O4S. The van der Waals surface area contributed by atoms with Crippen molar-refractivity contribution in [3.8, 4) is 5.75 Å². The standard InChI is InChI=1S/C9H10O4S/c1-6(10)9-7(3-4-14-9)13-5-8(11)12-2/h3-4H,5H2,1-2H3. The molecule has 1 rings (SSSR count). The Labute approximate surface area is 85.4 Å². The highest BCUT2D eigenvalue weighted by molar-refractivity contribution is 7.12. The van der Waals surface area contributed by atoms with Gasteiger partial charge in [0, 0.05) is 6.92 Å². The Hall–Kier alpha value is -1.36. The van der Waals surface area contributed by atoms with Crippen LogP contribution >= 0.6 is 11.3 Å². The molecular weight excluding hydrogens is 204 g/mol. The summed E-state index contributed by atoms with van der Waals surface area (Å²) in [6, 6.07) is 1.66. The SMILES string of the molecule is COC(=O)COc1ccsc1C(C)=O. The van der Waals surface area contributed by atoms with Crippen molar-refractivity contribution in [2.45, 2.75) is 6.92 Å². The molecule has 0 aliphatic heterocycles. The Morgan fingerprint density at radius 2 is 2.21 bits per heavy atom. The molecule has 0 atom stereocenters. The molecule has 0 spiro atoms. The fourth-order valence-corrected chi connectivity index (χ4v) is 1.60. The molecule has 0 aromatic carbocycles. The zero-order valence-corrected chi connectivity index (χ0v) is 8.72. The second-order valence-corrected chi connectivity index (χ2v) is 3.45. The third kappa shape index (κ3) is 2.56. The van der Waals surface area contributed by atoms with Crippen molar-refractivity contribution in [3.05, 3.63) is 16.3 Å². The normalized spacial score (nSPS) is 9.57. The first-order chi connectivity index (χ1) is 6.65. The predicted octanol–water partition coefficient (Wildman–Crippen LogP) is 1.50. The molecule has 0 unspecified atom stereocenters. The summed E-state index contributed by atoms with van der Waals surface area (Å²) < 4.78 is 9.51. The molecule has 0 N–H and O–H groups in total. The molecule has 0 amide bonds. The summed E-state index contributed by atoms with van der Waals surface area (Å²) in [6.07, 6.45) is 0. The number of hydrogen-bond donors (Lipinski definition) is 0. The topological polar surface area (TPSA) is 52.6 Å². The van der Waals surface area contributed by atoms with Gasteiger partial charge in [0.1, 0.15) is 10.6 Å². The second kappa shape index (κ2) is 4.76. The molecule has 0 aliphatic rings. The third-order valence-electron chi connectivity index (χ3n) is 1.52. The van der Waals surface area contributed by atoms with E-state index in [1.807, 2.05) is 0 Å². The smallest absolute Gasteiger partial charge is 0.343 e. The minimum atomic E-state index is -0.467. The van der Waals surface area contributed by atoms with E-state index in [-0.39, 0.29) is 12.4 Å². The molecule has 0 saturated heterocycles. The van der Waals surface area contributed by atoms with E-state index in [0.717, 1.165) is 0 Å². The van der Waals surface area contributed by atoms with Crippen molar-refractivity contribution in [2.75, 3.05) is 13.7 Å². The summed E-state index contributed by atoms with van der Waals surface area (Å²) in [5.74, 6) is -0.0986. The highest BCUT2D eigenvalue weighted by Gasteiger charge is 2.11. The van der Waals surface area contributed by atoms with E-state index in [9.17, 15) is 9.59 Å². The van der Waals surface area contributed by atoms with Crippen molar-refractivity contribution in [2.24, 2.45) is 0 Å². The number of esters is 1. The minimum absolute atomic E-state index is 0.0696. The van der Waals surface area contributed by atoms with Crippen LogP contribution in [0.3, 0.4) is 0 Å². The minimum Gasteiger partial charge on any atom is -0.480 e. The molecule has 0 bridgehead atoms. The molecule has 14 heavy (non-hydrogen) atoms. The average Bonchev–Trinajstić information content (AvgIpc) is 2.62. The number of methoxy groups -OCH3 is 1. The highest BCUT2D eigenvalue weighted by Crippen LogP contribution is 2.24. The Bertz CT molecular complexity index is 342. The van der Waals surface area contributed by atoms with Crippen molar-refractivity contribution in [3.63, 3.8) is 0 Å². The third-order valence-corrected chi connectivity index (χ3v) is 2.52. The highest BCUT2D eigenvalue weighted by atomic mass is 32.1. The van der Waals surface area contributed by atoms with Crippen molar-refractivity contribution >= 4 is 23.1 Å². The van der Waals surface area contributed by atoms with Gasteiger partial charge in [-0.3, -0.25) is 4.79 Å². The number of rotatable bonds is 4. The Balaban J connectivity index is 2.63. The van der Waals surface area contributed by atoms with E-state index < -0.39 is 5.97 Å². The lowest BCUT2D eigenvalue weighted by Gasteiger charge is -2.03. The first-order valence-electron chi connectivity index (χ1n) is 3.93. The van der Waals surface area contributed by atoms with Gasteiger partial charge in [-0.05, 0) is 11.4 Å². The summed E-state index contributed by atoms with van der Waals surface area (Å²) in [5.41, 5.74) is 0. The van der Waals surface area contributed by atoms with E-state index in [1.54, 1.807) is 11.4 Å². The molecule has 0 radical (unpaired) electrons. The van der Waals surface area contributed by atoms with Crippen LogP contribution in [0.5, 0.6) is 5.75 Å². The maximum atomic E-state index is 11.1. The van der Waals surface area contributed by atoms with Gasteiger partial charge in [-0.1, -0.05) is 0 Å².